The van der Waals surface area contributed by atoms with E-state index in [1.165, 1.54) is 11.2 Å². The first kappa shape index (κ1) is 8.76. The van der Waals surface area contributed by atoms with Gasteiger partial charge in [0.25, 0.3) is 5.91 Å². The summed E-state index contributed by atoms with van der Waals surface area (Å²) < 4.78 is 0. The number of hydrogen-bond acceptors (Lipinski definition) is 5. The predicted octanol–water partition coefficient (Wildman–Crippen LogP) is -0.472. The average Bonchev–Trinajstić information content (AvgIpc) is 2.61. The van der Waals surface area contributed by atoms with Gasteiger partial charge in [-0.15, -0.1) is 5.10 Å². The molecule has 72 valence electrons. The number of amides is 1. The highest BCUT2D eigenvalue weighted by Gasteiger charge is 2.25. The largest absolute Gasteiger partial charge is 0.325 e. The van der Waals surface area contributed by atoms with Crippen molar-refractivity contribution >= 4 is 17.4 Å². The van der Waals surface area contributed by atoms with Crippen LogP contribution in [0.15, 0.2) is 23.4 Å². The minimum absolute atomic E-state index is 0.119. The third-order valence-corrected chi connectivity index (χ3v) is 1.84. The summed E-state index contributed by atoms with van der Waals surface area (Å²) in [5.41, 5.74) is 6.06. The monoisotopic (exact) mass is 191 g/mol. The number of hydrazone groups is 1. The van der Waals surface area contributed by atoms with Gasteiger partial charge in [0.1, 0.15) is 0 Å². The summed E-state index contributed by atoms with van der Waals surface area (Å²) in [5.74, 6) is 0.312. The lowest BCUT2D eigenvalue weighted by Crippen LogP contribution is -2.20. The maximum Gasteiger partial charge on any atom is 0.254 e. The minimum atomic E-state index is -0.119. The maximum absolute atomic E-state index is 11.4. The van der Waals surface area contributed by atoms with Crippen molar-refractivity contribution in [2.24, 2.45) is 10.8 Å². The van der Waals surface area contributed by atoms with Gasteiger partial charge in [0, 0.05) is 12.7 Å². The first-order chi connectivity index (χ1) is 6.81. The average molecular weight is 191 g/mol. The van der Waals surface area contributed by atoms with Gasteiger partial charge in [0.15, 0.2) is 5.82 Å². The molecule has 1 aromatic heterocycles. The summed E-state index contributed by atoms with van der Waals surface area (Å²) in [7, 11) is 0. The summed E-state index contributed by atoms with van der Waals surface area (Å²) in [5, 5.41) is 12.7. The molecule has 0 aromatic carbocycles. The number of aromatic nitrogens is 2. The summed E-state index contributed by atoms with van der Waals surface area (Å²) in [4.78, 5) is 11.4. The Morgan fingerprint density at radius 2 is 2.43 bits per heavy atom. The summed E-state index contributed by atoms with van der Waals surface area (Å²) in [6, 6.07) is 3.37. The van der Waals surface area contributed by atoms with Crippen LogP contribution in [0.2, 0.25) is 0 Å². The SMILES string of the molecule is NCC1=NN(c2cccnn2)C(=O)C1. The molecule has 6 nitrogen and oxygen atoms in total. The van der Waals surface area contributed by atoms with Crippen molar-refractivity contribution in [1.29, 1.82) is 0 Å². The summed E-state index contributed by atoms with van der Waals surface area (Å²) >= 11 is 0. The van der Waals surface area contributed by atoms with Crippen molar-refractivity contribution < 1.29 is 4.79 Å². The van der Waals surface area contributed by atoms with Gasteiger partial charge in [-0.1, -0.05) is 0 Å². The van der Waals surface area contributed by atoms with Crippen molar-refractivity contribution in [1.82, 2.24) is 10.2 Å². The third-order valence-electron chi connectivity index (χ3n) is 1.84. The van der Waals surface area contributed by atoms with Crippen LogP contribution in [-0.2, 0) is 4.79 Å². The van der Waals surface area contributed by atoms with Crippen LogP contribution in [0.1, 0.15) is 6.42 Å². The zero-order chi connectivity index (χ0) is 9.97. The van der Waals surface area contributed by atoms with Crippen LogP contribution in [0.3, 0.4) is 0 Å². The maximum atomic E-state index is 11.4. The molecule has 0 saturated carbocycles. The van der Waals surface area contributed by atoms with Crippen LogP contribution in [0, 0.1) is 0 Å². The quantitative estimate of drug-likeness (QED) is 0.684. The fraction of sp³-hybridized carbons (Fsp3) is 0.250. The van der Waals surface area contributed by atoms with E-state index in [2.05, 4.69) is 15.3 Å². The lowest BCUT2D eigenvalue weighted by Gasteiger charge is -2.07. The van der Waals surface area contributed by atoms with Crippen LogP contribution in [-0.4, -0.2) is 28.4 Å². The van der Waals surface area contributed by atoms with E-state index < -0.39 is 0 Å². The van der Waals surface area contributed by atoms with E-state index >= 15 is 0 Å². The van der Waals surface area contributed by atoms with Crippen molar-refractivity contribution in [2.75, 3.05) is 11.6 Å². The van der Waals surface area contributed by atoms with Crippen LogP contribution in [0.5, 0.6) is 0 Å². The fourth-order valence-corrected chi connectivity index (χ4v) is 1.18. The third kappa shape index (κ3) is 1.47. The number of nitrogens with zero attached hydrogens (tertiary/aromatic N) is 4. The lowest BCUT2D eigenvalue weighted by atomic mass is 10.3. The highest BCUT2D eigenvalue weighted by atomic mass is 16.2. The molecule has 1 aliphatic rings. The van der Waals surface area contributed by atoms with Crippen molar-refractivity contribution in [2.45, 2.75) is 6.42 Å². The molecule has 0 spiro atoms. The molecule has 0 aliphatic carbocycles. The van der Waals surface area contributed by atoms with Gasteiger partial charge < -0.3 is 5.73 Å². The number of nitrogens with two attached hydrogens (primary N) is 1. The highest BCUT2D eigenvalue weighted by molar-refractivity contribution is 6.13. The number of carbonyl (C=O) groups excluding carboxylic acids is 1. The normalized spacial score (nSPS) is 15.9. The topological polar surface area (TPSA) is 84.5 Å². The molecule has 1 amide bonds. The van der Waals surface area contributed by atoms with Crippen LogP contribution >= 0.6 is 0 Å². The lowest BCUT2D eigenvalue weighted by molar-refractivity contribution is -0.116. The van der Waals surface area contributed by atoms with E-state index in [9.17, 15) is 4.79 Å². The van der Waals surface area contributed by atoms with Gasteiger partial charge in [-0.3, -0.25) is 4.79 Å². The van der Waals surface area contributed by atoms with Gasteiger partial charge >= 0.3 is 0 Å². The zero-order valence-corrected chi connectivity index (χ0v) is 7.42. The van der Waals surface area contributed by atoms with Crippen LogP contribution in [0.25, 0.3) is 0 Å². The second kappa shape index (κ2) is 3.51. The molecular weight excluding hydrogens is 182 g/mol. The Balaban J connectivity index is 2.28. The van der Waals surface area contributed by atoms with Gasteiger partial charge in [-0.05, 0) is 12.1 Å². The van der Waals surface area contributed by atoms with Crippen LogP contribution in [0.4, 0.5) is 5.82 Å². The van der Waals surface area contributed by atoms with E-state index in [-0.39, 0.29) is 12.3 Å². The van der Waals surface area contributed by atoms with Crippen molar-refractivity contribution in [3.63, 3.8) is 0 Å². The molecule has 1 aliphatic heterocycles. The van der Waals surface area contributed by atoms with E-state index in [0.717, 1.165) is 0 Å². The molecule has 14 heavy (non-hydrogen) atoms. The molecule has 2 N–H and O–H groups in total. The highest BCUT2D eigenvalue weighted by Crippen LogP contribution is 2.15. The van der Waals surface area contributed by atoms with Gasteiger partial charge in [-0.2, -0.15) is 15.2 Å². The molecule has 0 fully saturated rings. The molecule has 0 saturated heterocycles. The number of anilines is 1. The van der Waals surface area contributed by atoms with E-state index in [0.29, 0.717) is 18.1 Å². The summed E-state index contributed by atoms with van der Waals surface area (Å²) in [6.45, 7) is 0.294. The number of rotatable bonds is 2. The Labute approximate surface area is 80.4 Å². The Kier molecular flexibility index (Phi) is 2.19. The zero-order valence-electron chi connectivity index (χ0n) is 7.42. The molecule has 0 bridgehead atoms. The number of hydrogen-bond donors (Lipinski definition) is 1. The van der Waals surface area contributed by atoms with E-state index in [4.69, 9.17) is 5.73 Å². The van der Waals surface area contributed by atoms with E-state index in [1.54, 1.807) is 12.1 Å². The molecule has 0 atom stereocenters. The van der Waals surface area contributed by atoms with E-state index in [1.807, 2.05) is 0 Å². The summed E-state index contributed by atoms with van der Waals surface area (Å²) in [6.07, 6.45) is 1.81. The van der Waals surface area contributed by atoms with Crippen LogP contribution < -0.4 is 10.7 Å². The standard InChI is InChI=1S/C8H9N5O/c9-5-6-4-8(14)13(12-6)7-2-1-3-10-11-7/h1-3H,4-5,9H2. The Bertz CT molecular complexity index is 375. The number of carbonyl (C=O) groups is 1. The first-order valence-corrected chi connectivity index (χ1v) is 4.18. The molecule has 6 heteroatoms. The van der Waals surface area contributed by atoms with Crippen molar-refractivity contribution in [3.8, 4) is 0 Å². The van der Waals surface area contributed by atoms with Gasteiger partial charge in [-0.25, -0.2) is 0 Å². The predicted molar refractivity (Wildman–Crippen MR) is 50.6 cm³/mol. The second-order valence-corrected chi connectivity index (χ2v) is 2.83. The second-order valence-electron chi connectivity index (χ2n) is 2.83. The van der Waals surface area contributed by atoms with Gasteiger partial charge in [0.05, 0.1) is 12.1 Å². The first-order valence-electron chi connectivity index (χ1n) is 4.18. The molecule has 0 unspecified atom stereocenters. The van der Waals surface area contributed by atoms with Gasteiger partial charge in [0.2, 0.25) is 0 Å². The van der Waals surface area contributed by atoms with Crippen molar-refractivity contribution in [3.05, 3.63) is 18.3 Å². The Morgan fingerprint density at radius 1 is 1.57 bits per heavy atom. The fourth-order valence-electron chi connectivity index (χ4n) is 1.18. The molecule has 2 rings (SSSR count). The molecule has 0 radical (unpaired) electrons. The minimum Gasteiger partial charge on any atom is -0.325 e. The smallest absolute Gasteiger partial charge is 0.254 e. The Morgan fingerprint density at radius 3 is 3.00 bits per heavy atom. The molecule has 1 aromatic rings. The Hall–Kier alpha value is -1.82. The molecule has 2 heterocycles. The molecular formula is C8H9N5O.